The van der Waals surface area contributed by atoms with Gasteiger partial charge in [-0.1, -0.05) is 29.8 Å². The number of pyridine rings is 1. The van der Waals surface area contributed by atoms with Crippen molar-refractivity contribution in [2.24, 2.45) is 0 Å². The van der Waals surface area contributed by atoms with Crippen LogP contribution in [0.5, 0.6) is 0 Å². The average molecular weight is 392 g/mol. The first-order chi connectivity index (χ1) is 13.7. The molecule has 0 radical (unpaired) electrons. The first-order valence-electron chi connectivity index (χ1n) is 9.51. The van der Waals surface area contributed by atoms with Gasteiger partial charge in [0.1, 0.15) is 0 Å². The second-order valence-electron chi connectivity index (χ2n) is 6.95. The predicted molar refractivity (Wildman–Crippen MR) is 113 cm³/mol. The molecule has 1 aliphatic rings. The normalized spacial score (nSPS) is 14.7. The molecule has 2 aromatic carbocycles. The van der Waals surface area contributed by atoms with E-state index in [2.05, 4.69) is 16.0 Å². The summed E-state index contributed by atoms with van der Waals surface area (Å²) in [5.41, 5.74) is 2.89. The van der Waals surface area contributed by atoms with Crippen LogP contribution in [0.4, 0.5) is 11.4 Å². The Kier molecular flexibility index (Phi) is 5.58. The van der Waals surface area contributed by atoms with Crippen LogP contribution in [-0.2, 0) is 0 Å². The van der Waals surface area contributed by atoms with Gasteiger partial charge in [0.15, 0.2) is 0 Å². The number of benzene rings is 2. The van der Waals surface area contributed by atoms with E-state index in [0.29, 0.717) is 6.04 Å². The number of piperidine rings is 1. The molecule has 0 aliphatic carbocycles. The highest BCUT2D eigenvalue weighted by atomic mass is 35.5. The second kappa shape index (κ2) is 8.44. The molecule has 0 unspecified atom stereocenters. The highest BCUT2D eigenvalue weighted by Gasteiger charge is 2.28. The minimum atomic E-state index is 0.110. The van der Waals surface area contributed by atoms with Crippen LogP contribution in [-0.4, -0.2) is 34.9 Å². The van der Waals surface area contributed by atoms with Crippen molar-refractivity contribution in [3.05, 3.63) is 89.7 Å². The number of carbonyl (C=O) groups is 1. The van der Waals surface area contributed by atoms with Gasteiger partial charge in [0.25, 0.3) is 5.91 Å². The number of amides is 1. The molecule has 5 heteroatoms. The van der Waals surface area contributed by atoms with Crippen molar-refractivity contribution in [1.29, 1.82) is 0 Å². The van der Waals surface area contributed by atoms with E-state index >= 15 is 0 Å². The summed E-state index contributed by atoms with van der Waals surface area (Å²) in [6.45, 7) is 1.48. The third-order valence-electron chi connectivity index (χ3n) is 5.17. The van der Waals surface area contributed by atoms with E-state index in [1.165, 1.54) is 0 Å². The second-order valence-corrected chi connectivity index (χ2v) is 7.38. The van der Waals surface area contributed by atoms with E-state index in [1.807, 2.05) is 71.8 Å². The third kappa shape index (κ3) is 4.02. The smallest absolute Gasteiger partial charge is 0.253 e. The van der Waals surface area contributed by atoms with Crippen molar-refractivity contribution in [2.45, 2.75) is 18.9 Å². The molecule has 4 nitrogen and oxygen atoms in total. The summed E-state index contributed by atoms with van der Waals surface area (Å²) >= 11 is 6.09. The zero-order valence-corrected chi connectivity index (χ0v) is 16.3. The first kappa shape index (κ1) is 18.5. The van der Waals surface area contributed by atoms with Gasteiger partial charge in [-0.15, -0.1) is 0 Å². The molecule has 28 heavy (non-hydrogen) atoms. The summed E-state index contributed by atoms with van der Waals surface area (Å²) in [6.07, 6.45) is 5.47. The summed E-state index contributed by atoms with van der Waals surface area (Å²) in [6, 6.07) is 21.7. The molecule has 1 amide bonds. The zero-order chi connectivity index (χ0) is 19.3. The third-order valence-corrected chi connectivity index (χ3v) is 5.42. The molecule has 1 saturated heterocycles. The monoisotopic (exact) mass is 391 g/mol. The Morgan fingerprint density at radius 3 is 2.29 bits per heavy atom. The molecule has 1 aromatic heterocycles. The fourth-order valence-electron chi connectivity index (χ4n) is 3.76. The molecule has 0 bridgehead atoms. The minimum absolute atomic E-state index is 0.110. The molecular formula is C23H22ClN3O. The van der Waals surface area contributed by atoms with E-state index in [4.69, 9.17) is 11.6 Å². The SMILES string of the molecule is O=C(c1ccccc1)N1CCC(N(c2ccc(Cl)cc2)c2cccnc2)CC1. The lowest BCUT2D eigenvalue weighted by molar-refractivity contribution is 0.0714. The Morgan fingerprint density at radius 1 is 0.929 bits per heavy atom. The van der Waals surface area contributed by atoms with Crippen LogP contribution in [0.15, 0.2) is 79.1 Å². The molecule has 1 aliphatic heterocycles. The van der Waals surface area contributed by atoms with Crippen LogP contribution in [0, 0.1) is 0 Å². The van der Waals surface area contributed by atoms with Crippen molar-refractivity contribution >= 4 is 28.9 Å². The maximum Gasteiger partial charge on any atom is 0.253 e. The Bertz CT molecular complexity index is 908. The zero-order valence-electron chi connectivity index (χ0n) is 15.5. The number of halogens is 1. The topological polar surface area (TPSA) is 36.4 Å². The fourth-order valence-corrected chi connectivity index (χ4v) is 3.89. The molecule has 4 rings (SSSR count). The number of anilines is 2. The molecule has 2 heterocycles. The summed E-state index contributed by atoms with van der Waals surface area (Å²) in [4.78, 5) is 21.3. The van der Waals surface area contributed by atoms with Crippen LogP contribution in [0.25, 0.3) is 0 Å². The van der Waals surface area contributed by atoms with Crippen LogP contribution in [0.2, 0.25) is 5.02 Å². The van der Waals surface area contributed by atoms with Gasteiger partial charge < -0.3 is 9.80 Å². The van der Waals surface area contributed by atoms with Gasteiger partial charge in [-0.25, -0.2) is 0 Å². The lowest BCUT2D eigenvalue weighted by Gasteiger charge is -2.39. The summed E-state index contributed by atoms with van der Waals surface area (Å²) in [5.74, 6) is 0.110. The molecule has 0 saturated carbocycles. The standard InChI is InChI=1S/C23H22ClN3O/c24-19-8-10-20(11-9-19)27(22-7-4-14-25-17-22)21-12-15-26(16-13-21)23(28)18-5-2-1-3-6-18/h1-11,14,17,21H,12-13,15-16H2. The molecule has 142 valence electrons. The maximum absolute atomic E-state index is 12.7. The maximum atomic E-state index is 12.7. The molecule has 1 fully saturated rings. The van der Waals surface area contributed by atoms with E-state index in [0.717, 1.165) is 47.9 Å². The largest absolute Gasteiger partial charge is 0.338 e. The average Bonchev–Trinajstić information content (AvgIpc) is 2.77. The number of aromatic nitrogens is 1. The highest BCUT2D eigenvalue weighted by Crippen LogP contribution is 2.32. The first-order valence-corrected chi connectivity index (χ1v) is 9.89. The van der Waals surface area contributed by atoms with Crippen LogP contribution in [0.1, 0.15) is 23.2 Å². The van der Waals surface area contributed by atoms with Crippen molar-refractivity contribution < 1.29 is 4.79 Å². The Morgan fingerprint density at radius 2 is 1.64 bits per heavy atom. The van der Waals surface area contributed by atoms with Gasteiger partial charge in [0.2, 0.25) is 0 Å². The Hall–Kier alpha value is -2.85. The van der Waals surface area contributed by atoms with Crippen LogP contribution < -0.4 is 4.90 Å². The summed E-state index contributed by atoms with van der Waals surface area (Å²) in [5, 5.41) is 0.721. The van der Waals surface area contributed by atoms with Gasteiger partial charge in [-0.05, 0) is 61.4 Å². The molecule has 3 aromatic rings. The molecular weight excluding hydrogens is 370 g/mol. The minimum Gasteiger partial charge on any atom is -0.338 e. The molecule has 0 atom stereocenters. The highest BCUT2D eigenvalue weighted by molar-refractivity contribution is 6.30. The van der Waals surface area contributed by atoms with E-state index in [1.54, 1.807) is 6.20 Å². The van der Waals surface area contributed by atoms with Crippen LogP contribution >= 0.6 is 11.6 Å². The molecule has 0 N–H and O–H groups in total. The number of nitrogens with zero attached hydrogens (tertiary/aromatic N) is 3. The van der Waals surface area contributed by atoms with Gasteiger partial charge in [0.05, 0.1) is 11.9 Å². The number of rotatable bonds is 4. The number of likely N-dealkylation sites (tertiary alicyclic amines) is 1. The summed E-state index contributed by atoms with van der Waals surface area (Å²) in [7, 11) is 0. The Labute approximate surface area is 170 Å². The number of carbonyl (C=O) groups excluding carboxylic acids is 1. The van der Waals surface area contributed by atoms with Gasteiger partial charge in [-0.3, -0.25) is 9.78 Å². The number of hydrogen-bond donors (Lipinski definition) is 0. The van der Waals surface area contributed by atoms with Gasteiger partial charge >= 0.3 is 0 Å². The molecule has 0 spiro atoms. The predicted octanol–water partition coefficient (Wildman–Crippen LogP) is 5.18. The number of hydrogen-bond acceptors (Lipinski definition) is 3. The van der Waals surface area contributed by atoms with Crippen molar-refractivity contribution in [1.82, 2.24) is 9.88 Å². The van der Waals surface area contributed by atoms with Crippen LogP contribution in [0.3, 0.4) is 0 Å². The van der Waals surface area contributed by atoms with Crippen molar-refractivity contribution in [3.8, 4) is 0 Å². The summed E-state index contributed by atoms with van der Waals surface area (Å²) < 4.78 is 0. The Balaban J connectivity index is 1.53. The van der Waals surface area contributed by atoms with E-state index < -0.39 is 0 Å². The van der Waals surface area contributed by atoms with E-state index in [-0.39, 0.29) is 5.91 Å². The van der Waals surface area contributed by atoms with E-state index in [9.17, 15) is 4.79 Å². The lowest BCUT2D eigenvalue weighted by atomic mass is 10.0. The fraction of sp³-hybridized carbons (Fsp3) is 0.217. The lowest BCUT2D eigenvalue weighted by Crippen LogP contribution is -2.45. The van der Waals surface area contributed by atoms with Crippen molar-refractivity contribution in [2.75, 3.05) is 18.0 Å². The van der Waals surface area contributed by atoms with Gasteiger partial charge in [0, 0.05) is 41.6 Å². The van der Waals surface area contributed by atoms with Gasteiger partial charge in [-0.2, -0.15) is 0 Å². The van der Waals surface area contributed by atoms with Crippen molar-refractivity contribution in [3.63, 3.8) is 0 Å². The quantitative estimate of drug-likeness (QED) is 0.615.